The number of benzene rings is 1. The van der Waals surface area contributed by atoms with Crippen molar-refractivity contribution in [3.05, 3.63) is 33.8 Å². The van der Waals surface area contributed by atoms with Crippen molar-refractivity contribution in [3.8, 4) is 0 Å². The average Bonchev–Trinajstić information content (AvgIpc) is 2.42. The van der Waals surface area contributed by atoms with Crippen LogP contribution in [0.2, 0.25) is 10.0 Å². The number of halogens is 3. The minimum Gasteiger partial charge on any atom is -0.382 e. The van der Waals surface area contributed by atoms with E-state index in [4.69, 9.17) is 33.7 Å². The summed E-state index contributed by atoms with van der Waals surface area (Å²) in [5, 5.41) is 4.36. The van der Waals surface area contributed by atoms with E-state index in [1.54, 1.807) is 6.07 Å². The van der Waals surface area contributed by atoms with Gasteiger partial charge >= 0.3 is 0 Å². The van der Waals surface area contributed by atoms with Crippen LogP contribution in [-0.2, 0) is 4.74 Å². The van der Waals surface area contributed by atoms with E-state index in [2.05, 4.69) is 10.3 Å². The first-order valence-corrected chi connectivity index (χ1v) is 7.89. The summed E-state index contributed by atoms with van der Waals surface area (Å²) in [4.78, 5) is 4.29. The van der Waals surface area contributed by atoms with E-state index in [9.17, 15) is 0 Å². The van der Waals surface area contributed by atoms with E-state index in [1.807, 2.05) is 26.0 Å². The van der Waals surface area contributed by atoms with Crippen LogP contribution in [0.5, 0.6) is 0 Å². The van der Waals surface area contributed by atoms with Gasteiger partial charge in [-0.2, -0.15) is 0 Å². The van der Waals surface area contributed by atoms with Crippen molar-refractivity contribution >= 4 is 53.1 Å². The number of nitrogens with one attached hydrogen (secondary N) is 1. The summed E-state index contributed by atoms with van der Waals surface area (Å²) in [5.74, 6) is 0.421. The summed E-state index contributed by atoms with van der Waals surface area (Å²) in [7, 11) is 0. The van der Waals surface area contributed by atoms with Gasteiger partial charge in [-0.3, -0.25) is 4.99 Å². The molecule has 0 spiro atoms. The quantitative estimate of drug-likeness (QED) is 0.262. The Morgan fingerprint density at radius 3 is 2.73 bits per heavy atom. The van der Waals surface area contributed by atoms with Gasteiger partial charge in [0.25, 0.3) is 0 Å². The number of ether oxygens (including phenoxy) is 1. The van der Waals surface area contributed by atoms with Gasteiger partial charge in [0, 0.05) is 29.8 Å². The number of hydrogen-bond acceptors (Lipinski definition) is 2. The third-order valence-corrected chi connectivity index (χ3v) is 3.54. The van der Waals surface area contributed by atoms with E-state index in [0.717, 1.165) is 31.6 Å². The van der Waals surface area contributed by atoms with Crippen LogP contribution in [0.15, 0.2) is 23.2 Å². The Kier molecular flexibility index (Phi) is 12.1. The second kappa shape index (κ2) is 12.2. The highest BCUT2D eigenvalue weighted by Crippen LogP contribution is 2.25. The van der Waals surface area contributed by atoms with Gasteiger partial charge in [-0.25, -0.2) is 0 Å². The number of rotatable bonds is 8. The van der Waals surface area contributed by atoms with Crippen molar-refractivity contribution in [3.63, 3.8) is 0 Å². The maximum atomic E-state index is 6.16. The summed E-state index contributed by atoms with van der Waals surface area (Å²) < 4.78 is 5.26. The van der Waals surface area contributed by atoms with Crippen LogP contribution in [0.25, 0.3) is 0 Å². The van der Waals surface area contributed by atoms with Crippen molar-refractivity contribution in [2.75, 3.05) is 19.8 Å². The molecule has 126 valence electrons. The number of unbranched alkanes of at least 4 members (excludes halogenated alkanes) is 1. The second-order valence-corrected chi connectivity index (χ2v) is 5.55. The third kappa shape index (κ3) is 8.41. The Hall–Kier alpha value is -0.240. The van der Waals surface area contributed by atoms with Gasteiger partial charge in [0.15, 0.2) is 5.96 Å². The summed E-state index contributed by atoms with van der Waals surface area (Å²) in [6, 6.07) is 5.39. The zero-order valence-electron chi connectivity index (χ0n) is 12.9. The van der Waals surface area contributed by atoms with Crippen LogP contribution >= 0.6 is 47.2 Å². The van der Waals surface area contributed by atoms with Crippen molar-refractivity contribution in [2.45, 2.75) is 32.7 Å². The number of nitrogens with two attached hydrogens (primary N) is 1. The lowest BCUT2D eigenvalue weighted by Gasteiger charge is -2.16. The summed E-state index contributed by atoms with van der Waals surface area (Å²) >= 11 is 12.0. The van der Waals surface area contributed by atoms with Gasteiger partial charge in [-0.15, -0.1) is 24.0 Å². The second-order valence-electron chi connectivity index (χ2n) is 4.70. The first-order valence-electron chi connectivity index (χ1n) is 7.13. The molecule has 0 heterocycles. The fourth-order valence-corrected chi connectivity index (χ4v) is 2.43. The largest absolute Gasteiger partial charge is 0.382 e. The van der Waals surface area contributed by atoms with E-state index in [0.29, 0.717) is 22.5 Å². The first kappa shape index (κ1) is 21.8. The molecule has 7 heteroatoms. The zero-order chi connectivity index (χ0) is 15.7. The Balaban J connectivity index is 0.00000441. The lowest BCUT2D eigenvalue weighted by atomic mass is 10.1. The topological polar surface area (TPSA) is 59.6 Å². The maximum Gasteiger partial charge on any atom is 0.189 e. The molecular weight excluding hydrogens is 436 g/mol. The Labute approximate surface area is 159 Å². The molecule has 0 saturated carbocycles. The van der Waals surface area contributed by atoms with Crippen LogP contribution < -0.4 is 11.1 Å². The highest BCUT2D eigenvalue weighted by Gasteiger charge is 2.10. The average molecular weight is 460 g/mol. The molecule has 22 heavy (non-hydrogen) atoms. The Bertz CT molecular complexity index is 472. The molecule has 0 aromatic heterocycles. The predicted octanol–water partition coefficient (Wildman–Crippen LogP) is 4.39. The van der Waals surface area contributed by atoms with E-state index in [1.165, 1.54) is 0 Å². The van der Waals surface area contributed by atoms with E-state index in [-0.39, 0.29) is 30.0 Å². The molecule has 3 N–H and O–H groups in total. The third-order valence-electron chi connectivity index (χ3n) is 2.98. The number of nitrogens with zero attached hydrogens (tertiary/aromatic N) is 1. The van der Waals surface area contributed by atoms with E-state index >= 15 is 0 Å². The molecule has 1 atom stereocenters. The van der Waals surface area contributed by atoms with Gasteiger partial charge in [0.1, 0.15) is 0 Å². The van der Waals surface area contributed by atoms with Crippen LogP contribution in [0.4, 0.5) is 0 Å². The molecule has 0 amide bonds. The van der Waals surface area contributed by atoms with Crippen LogP contribution in [0.3, 0.4) is 0 Å². The van der Waals surface area contributed by atoms with Gasteiger partial charge in [0.05, 0.1) is 6.04 Å². The van der Waals surface area contributed by atoms with E-state index < -0.39 is 0 Å². The Morgan fingerprint density at radius 1 is 1.36 bits per heavy atom. The van der Waals surface area contributed by atoms with Gasteiger partial charge in [0.2, 0.25) is 0 Å². The molecule has 1 rings (SSSR count). The smallest absolute Gasteiger partial charge is 0.189 e. The van der Waals surface area contributed by atoms with Crippen LogP contribution in [0, 0.1) is 0 Å². The molecule has 0 saturated heterocycles. The van der Waals surface area contributed by atoms with Crippen molar-refractivity contribution in [1.29, 1.82) is 0 Å². The number of guanidine groups is 1. The summed E-state index contributed by atoms with van der Waals surface area (Å²) in [5.41, 5.74) is 6.81. The normalized spacial score (nSPS) is 12.6. The minimum absolute atomic E-state index is 0. The monoisotopic (exact) mass is 459 g/mol. The van der Waals surface area contributed by atoms with Crippen LogP contribution in [0.1, 0.15) is 38.3 Å². The first-order chi connectivity index (χ1) is 10.0. The molecular formula is C15H24Cl2IN3O. The molecule has 1 aromatic carbocycles. The number of hydrogen-bond donors (Lipinski definition) is 2. The van der Waals surface area contributed by atoms with Gasteiger partial charge in [-0.1, -0.05) is 29.3 Å². The maximum absolute atomic E-state index is 6.16. The molecule has 0 radical (unpaired) electrons. The molecule has 4 nitrogen and oxygen atoms in total. The van der Waals surface area contributed by atoms with Crippen molar-refractivity contribution < 1.29 is 4.74 Å². The fourth-order valence-electron chi connectivity index (χ4n) is 1.86. The number of aliphatic imine (C=N–C) groups is 1. The SMILES string of the molecule is CCOCCCCN=C(N)NC(C)c1ccc(Cl)cc1Cl.I. The predicted molar refractivity (Wildman–Crippen MR) is 106 cm³/mol. The van der Waals surface area contributed by atoms with Crippen LogP contribution in [-0.4, -0.2) is 25.7 Å². The summed E-state index contributed by atoms with van der Waals surface area (Å²) in [6.45, 7) is 6.19. The molecule has 0 aliphatic carbocycles. The highest BCUT2D eigenvalue weighted by molar-refractivity contribution is 14.0. The molecule has 0 fully saturated rings. The molecule has 0 bridgehead atoms. The molecule has 0 aliphatic rings. The summed E-state index contributed by atoms with van der Waals surface area (Å²) in [6.07, 6.45) is 1.95. The molecule has 1 unspecified atom stereocenters. The standard InChI is InChI=1S/C15H23Cl2N3O.HI/c1-3-21-9-5-4-8-19-15(18)20-11(2)13-7-6-12(16)10-14(13)17;/h6-7,10-11H,3-5,8-9H2,1-2H3,(H3,18,19,20);1H. The lowest BCUT2D eigenvalue weighted by Crippen LogP contribution is -2.34. The lowest BCUT2D eigenvalue weighted by molar-refractivity contribution is 0.144. The minimum atomic E-state index is -0.0260. The zero-order valence-corrected chi connectivity index (χ0v) is 16.8. The Morgan fingerprint density at radius 2 is 2.09 bits per heavy atom. The van der Waals surface area contributed by atoms with Crippen molar-refractivity contribution in [2.24, 2.45) is 10.7 Å². The fraction of sp³-hybridized carbons (Fsp3) is 0.533. The molecule has 0 aliphatic heterocycles. The highest BCUT2D eigenvalue weighted by atomic mass is 127. The van der Waals surface area contributed by atoms with Crippen molar-refractivity contribution in [1.82, 2.24) is 5.32 Å². The van der Waals surface area contributed by atoms with Gasteiger partial charge < -0.3 is 15.8 Å². The molecule has 1 aromatic rings. The van der Waals surface area contributed by atoms with Gasteiger partial charge in [-0.05, 0) is 44.4 Å².